The average molecular weight is 200 g/mol. The molecule has 0 saturated carbocycles. The number of aliphatic hydroxyl groups is 1. The number of carbonyl (C=O) groups excluding carboxylic acids is 1. The van der Waals surface area contributed by atoms with Crippen molar-refractivity contribution in [3.8, 4) is 0 Å². The molecule has 2 N–H and O–H groups in total. The van der Waals surface area contributed by atoms with Gasteiger partial charge in [0.05, 0.1) is 0 Å². The zero-order chi connectivity index (χ0) is 11.0. The number of carboxylic acids is 1. The highest BCUT2D eigenvalue weighted by molar-refractivity contribution is 5.70. The third-order valence-electron chi connectivity index (χ3n) is 1.38. The molecule has 0 rings (SSSR count). The first-order valence-electron chi connectivity index (χ1n) is 4.07. The maximum Gasteiger partial charge on any atom is 0.332 e. The van der Waals surface area contributed by atoms with E-state index in [4.69, 9.17) is 10.2 Å². The van der Waals surface area contributed by atoms with Crippen LogP contribution in [0.3, 0.4) is 0 Å². The van der Waals surface area contributed by atoms with Crippen LogP contribution in [0.25, 0.3) is 0 Å². The second kappa shape index (κ2) is 6.74. The Kier molecular flexibility index (Phi) is 5.90. The lowest BCUT2D eigenvalue weighted by Gasteiger charge is -1.99. The fraction of sp³-hybridized carbons (Fsp3) is 0.444. The number of hydrogen-bond acceptors (Lipinski definition) is 4. The predicted octanol–water partition coefficient (Wildman–Crippen LogP) is 1.36. The molecule has 0 fully saturated rings. The van der Waals surface area contributed by atoms with Crippen LogP contribution in [-0.4, -0.2) is 22.2 Å². The van der Waals surface area contributed by atoms with Gasteiger partial charge in [-0.15, -0.1) is 0 Å². The Morgan fingerprint density at radius 1 is 1.21 bits per heavy atom. The van der Waals surface area contributed by atoms with Gasteiger partial charge in [0.1, 0.15) is 0 Å². The monoisotopic (exact) mass is 200 g/mol. The Morgan fingerprint density at radius 3 is 2.29 bits per heavy atom. The van der Waals surface area contributed by atoms with E-state index in [0.29, 0.717) is 12.8 Å². The Labute approximate surface area is 81.3 Å². The number of carbonyl (C=O) groups is 2. The first-order valence-corrected chi connectivity index (χ1v) is 4.07. The van der Waals surface area contributed by atoms with Gasteiger partial charge in [-0.1, -0.05) is 0 Å². The largest absolute Gasteiger partial charge is 0.481 e. The number of hydrogen-bond donors (Lipinski definition) is 2. The number of ether oxygens (including phenoxy) is 1. The van der Waals surface area contributed by atoms with Crippen LogP contribution < -0.4 is 0 Å². The van der Waals surface area contributed by atoms with E-state index in [1.807, 2.05) is 5.73 Å². The van der Waals surface area contributed by atoms with E-state index < -0.39 is 17.9 Å². The van der Waals surface area contributed by atoms with Crippen LogP contribution in [0.4, 0.5) is 0 Å². The first kappa shape index (κ1) is 12.3. The van der Waals surface area contributed by atoms with Crippen molar-refractivity contribution in [3.63, 3.8) is 0 Å². The zero-order valence-electron chi connectivity index (χ0n) is 7.65. The predicted molar refractivity (Wildman–Crippen MR) is 47.5 cm³/mol. The van der Waals surface area contributed by atoms with Gasteiger partial charge >= 0.3 is 17.9 Å². The lowest BCUT2D eigenvalue weighted by molar-refractivity contribution is -0.144. The maximum absolute atomic E-state index is 10.8. The number of aliphatic hydroxyl groups excluding tert-OH is 1. The summed E-state index contributed by atoms with van der Waals surface area (Å²) in [5.74, 6) is -2.18. The Balaban J connectivity index is 3.55. The van der Waals surface area contributed by atoms with Gasteiger partial charge in [-0.25, -0.2) is 0 Å². The van der Waals surface area contributed by atoms with Crippen molar-refractivity contribution in [3.05, 3.63) is 18.3 Å². The number of esters is 1. The quantitative estimate of drug-likeness (QED) is 0.292. The lowest BCUT2D eigenvalue weighted by Crippen LogP contribution is -2.04. The van der Waals surface area contributed by atoms with E-state index in [0.717, 1.165) is 0 Å². The van der Waals surface area contributed by atoms with Crippen molar-refractivity contribution in [2.75, 3.05) is 0 Å². The smallest absolute Gasteiger partial charge is 0.332 e. The molecule has 14 heavy (non-hydrogen) atoms. The molecular formula is C9H12O5. The van der Waals surface area contributed by atoms with Crippen molar-refractivity contribution in [2.45, 2.75) is 25.7 Å². The summed E-state index contributed by atoms with van der Waals surface area (Å²) in [5.41, 5.74) is 1.99. The van der Waals surface area contributed by atoms with Crippen molar-refractivity contribution in [1.82, 2.24) is 0 Å². The molecule has 5 heteroatoms. The molecule has 0 bridgehead atoms. The van der Waals surface area contributed by atoms with Crippen LogP contribution in [0.2, 0.25) is 0 Å². The minimum Gasteiger partial charge on any atom is -0.481 e. The van der Waals surface area contributed by atoms with Gasteiger partial charge < -0.3 is 14.9 Å². The molecule has 0 aromatic heterocycles. The summed E-state index contributed by atoms with van der Waals surface area (Å²) in [6, 6.07) is 0. The van der Waals surface area contributed by atoms with Gasteiger partial charge in [-0.2, -0.15) is 0 Å². The topological polar surface area (TPSA) is 83.8 Å². The molecule has 0 atom stereocenters. The van der Waals surface area contributed by atoms with Crippen LogP contribution in [0.1, 0.15) is 25.7 Å². The molecule has 0 aliphatic carbocycles. The SMILES string of the molecule is C=C=C(O)OC(=O)CCCCC(=O)O. The molecule has 5 nitrogen and oxygen atoms in total. The van der Waals surface area contributed by atoms with E-state index in [1.165, 1.54) is 0 Å². The molecular weight excluding hydrogens is 188 g/mol. The minimum absolute atomic E-state index is 0.0244. The van der Waals surface area contributed by atoms with E-state index >= 15 is 0 Å². The highest BCUT2D eigenvalue weighted by Gasteiger charge is 2.05. The minimum atomic E-state index is -0.896. The molecule has 0 aliphatic heterocycles. The molecule has 0 aromatic rings. The molecule has 0 unspecified atom stereocenters. The maximum atomic E-state index is 10.8. The number of unbranched alkanes of at least 4 members (excludes halogenated alkanes) is 1. The number of aliphatic carboxylic acids is 1. The van der Waals surface area contributed by atoms with E-state index in [-0.39, 0.29) is 12.8 Å². The van der Waals surface area contributed by atoms with E-state index in [2.05, 4.69) is 11.3 Å². The van der Waals surface area contributed by atoms with Gasteiger partial charge in [0, 0.05) is 12.8 Å². The summed E-state index contributed by atoms with van der Waals surface area (Å²) in [4.78, 5) is 20.9. The molecule has 78 valence electrons. The average Bonchev–Trinajstić information content (AvgIpc) is 2.12. The first-order chi connectivity index (χ1) is 6.56. The standard InChI is InChI=1S/C9H12O5/c1-2-8(12)14-9(13)6-4-3-5-7(10)11/h12H,1,3-6H2,(H,10,11). The Hall–Kier alpha value is -1.74. The fourth-order valence-corrected chi connectivity index (χ4v) is 0.741. The van der Waals surface area contributed by atoms with Gasteiger partial charge in [0.25, 0.3) is 0 Å². The second-order valence-electron chi connectivity index (χ2n) is 2.56. The summed E-state index contributed by atoms with van der Waals surface area (Å²) >= 11 is 0. The van der Waals surface area contributed by atoms with Crippen molar-refractivity contribution >= 4 is 11.9 Å². The Bertz CT molecular complexity index is 262. The lowest BCUT2D eigenvalue weighted by atomic mass is 10.2. The van der Waals surface area contributed by atoms with Crippen LogP contribution in [0.5, 0.6) is 0 Å². The molecule has 0 heterocycles. The third-order valence-corrected chi connectivity index (χ3v) is 1.38. The summed E-state index contributed by atoms with van der Waals surface area (Å²) in [7, 11) is 0. The fourth-order valence-electron chi connectivity index (χ4n) is 0.741. The van der Waals surface area contributed by atoms with Crippen LogP contribution in [-0.2, 0) is 14.3 Å². The van der Waals surface area contributed by atoms with E-state index in [9.17, 15) is 9.59 Å². The van der Waals surface area contributed by atoms with Gasteiger partial charge in [0.2, 0.25) is 0 Å². The van der Waals surface area contributed by atoms with Crippen molar-refractivity contribution < 1.29 is 24.5 Å². The summed E-state index contributed by atoms with van der Waals surface area (Å²) in [6.45, 7) is 3.07. The van der Waals surface area contributed by atoms with Crippen molar-refractivity contribution in [2.24, 2.45) is 0 Å². The Morgan fingerprint density at radius 2 is 1.79 bits per heavy atom. The van der Waals surface area contributed by atoms with Crippen LogP contribution >= 0.6 is 0 Å². The summed E-state index contributed by atoms with van der Waals surface area (Å²) in [6.07, 6.45) is 0.911. The second-order valence-corrected chi connectivity index (χ2v) is 2.56. The number of rotatable bonds is 6. The van der Waals surface area contributed by atoms with Gasteiger partial charge in [0.15, 0.2) is 0 Å². The molecule has 0 amide bonds. The molecule has 0 radical (unpaired) electrons. The molecule has 0 spiro atoms. The normalized spacial score (nSPS) is 8.86. The third kappa shape index (κ3) is 6.94. The molecule has 0 aliphatic rings. The highest BCUT2D eigenvalue weighted by atomic mass is 16.6. The summed E-state index contributed by atoms with van der Waals surface area (Å²) < 4.78 is 4.32. The van der Waals surface area contributed by atoms with Crippen molar-refractivity contribution in [1.29, 1.82) is 0 Å². The van der Waals surface area contributed by atoms with Crippen LogP contribution in [0.15, 0.2) is 18.3 Å². The van der Waals surface area contributed by atoms with E-state index in [1.54, 1.807) is 0 Å². The van der Waals surface area contributed by atoms with Gasteiger partial charge in [-0.05, 0) is 25.2 Å². The zero-order valence-corrected chi connectivity index (χ0v) is 7.65. The van der Waals surface area contributed by atoms with Gasteiger partial charge in [-0.3, -0.25) is 9.59 Å². The van der Waals surface area contributed by atoms with Crippen LogP contribution in [0, 0.1) is 0 Å². The highest BCUT2D eigenvalue weighted by Crippen LogP contribution is 2.02. The molecule has 0 aromatic carbocycles. The summed E-state index contributed by atoms with van der Waals surface area (Å²) in [5, 5.41) is 17.0. The molecule has 0 saturated heterocycles. The number of carboxylic acid groups (broad SMARTS) is 1.